The van der Waals surface area contributed by atoms with E-state index in [0.29, 0.717) is 24.9 Å². The van der Waals surface area contributed by atoms with Gasteiger partial charge in [-0.2, -0.15) is 0 Å². The van der Waals surface area contributed by atoms with Crippen LogP contribution >= 0.6 is 0 Å². The molecule has 0 radical (unpaired) electrons. The molecule has 0 saturated carbocycles. The molecule has 2 aliphatic rings. The fraction of sp³-hybridized carbons (Fsp3) is 0.318. The Labute approximate surface area is 286 Å². The molecule has 4 nitrogen and oxygen atoms in total. The van der Waals surface area contributed by atoms with Crippen molar-refractivity contribution in [2.45, 2.75) is 75.7 Å². The van der Waals surface area contributed by atoms with Crippen molar-refractivity contribution in [2.75, 3.05) is 13.1 Å². The normalized spacial score (nSPS) is 19.1. The lowest BCUT2D eigenvalue weighted by Gasteiger charge is -2.42. The maximum absolute atomic E-state index is 12.7. The number of aromatic hydroxyl groups is 1. The van der Waals surface area contributed by atoms with E-state index in [4.69, 9.17) is 0 Å². The molecule has 0 spiro atoms. The highest BCUT2D eigenvalue weighted by Gasteiger charge is 2.46. The molecule has 2 atom stereocenters. The van der Waals surface area contributed by atoms with Crippen molar-refractivity contribution in [1.29, 1.82) is 0 Å². The van der Waals surface area contributed by atoms with Gasteiger partial charge in [0.2, 0.25) is 0 Å². The van der Waals surface area contributed by atoms with E-state index < -0.39 is 5.60 Å². The molecule has 4 heteroatoms. The maximum Gasteiger partial charge on any atom is 0.130 e. The predicted molar refractivity (Wildman–Crippen MR) is 195 cm³/mol. The SMILES string of the molecule is Cc1cc(CN2CCCC2C(C)(c2ccccc2)c2ccccc2)c(O)c(CN2CCCC2C(O)(c2ccccc2)c2ccccc2)c1. The van der Waals surface area contributed by atoms with Crippen molar-refractivity contribution in [3.05, 3.63) is 172 Å². The van der Waals surface area contributed by atoms with E-state index in [1.807, 2.05) is 60.7 Å². The standard InChI is InChI=1S/C44H48N2O2/c1-33-29-34(31-45-27-15-25-40(45)43(2,36-17-7-3-8-18-36)37-19-9-4-10-20-37)42(47)35(30-33)32-46-28-16-26-41(46)44(48,38-21-11-5-12-22-38)39-23-13-6-14-24-39/h3-14,17-24,29-30,40-41,47-48H,15-16,25-28,31-32H2,1-2H3. The van der Waals surface area contributed by atoms with Gasteiger partial charge < -0.3 is 10.2 Å². The van der Waals surface area contributed by atoms with Gasteiger partial charge in [-0.05, 0) is 74.9 Å². The topological polar surface area (TPSA) is 46.9 Å². The smallest absolute Gasteiger partial charge is 0.130 e. The number of phenolic OH excluding ortho intramolecular Hbond substituents is 1. The average Bonchev–Trinajstić information content (AvgIpc) is 3.81. The average molecular weight is 637 g/mol. The highest BCUT2D eigenvalue weighted by Crippen LogP contribution is 2.44. The minimum atomic E-state index is -1.16. The molecular weight excluding hydrogens is 588 g/mol. The lowest BCUT2D eigenvalue weighted by molar-refractivity contribution is -0.00674. The van der Waals surface area contributed by atoms with E-state index in [9.17, 15) is 10.2 Å². The van der Waals surface area contributed by atoms with Gasteiger partial charge in [-0.1, -0.05) is 139 Å². The Morgan fingerprint density at radius 2 is 0.958 bits per heavy atom. The first kappa shape index (κ1) is 32.3. The van der Waals surface area contributed by atoms with Crippen LogP contribution in [-0.2, 0) is 24.1 Å². The number of phenols is 1. The van der Waals surface area contributed by atoms with Crippen LogP contribution < -0.4 is 0 Å². The lowest BCUT2D eigenvalue weighted by atomic mass is 9.69. The van der Waals surface area contributed by atoms with E-state index in [-0.39, 0.29) is 11.5 Å². The summed E-state index contributed by atoms with van der Waals surface area (Å²) in [6.07, 6.45) is 4.12. The third-order valence-corrected chi connectivity index (χ3v) is 11.2. The zero-order valence-corrected chi connectivity index (χ0v) is 28.3. The zero-order chi connectivity index (χ0) is 33.1. The van der Waals surface area contributed by atoms with Crippen LogP contribution in [-0.4, -0.2) is 45.2 Å². The van der Waals surface area contributed by atoms with Gasteiger partial charge in [0, 0.05) is 41.7 Å². The Balaban J connectivity index is 1.19. The van der Waals surface area contributed by atoms with Crippen LogP contribution in [0.5, 0.6) is 5.75 Å². The van der Waals surface area contributed by atoms with Crippen LogP contribution in [0.15, 0.2) is 133 Å². The van der Waals surface area contributed by atoms with E-state index in [0.717, 1.165) is 66.6 Å². The van der Waals surface area contributed by atoms with Crippen LogP contribution in [0.2, 0.25) is 0 Å². The number of hydrogen-bond acceptors (Lipinski definition) is 4. The molecule has 0 bridgehead atoms. The highest BCUT2D eigenvalue weighted by atomic mass is 16.3. The molecule has 0 aliphatic carbocycles. The molecule has 246 valence electrons. The molecule has 2 N–H and O–H groups in total. The van der Waals surface area contributed by atoms with E-state index in [2.05, 4.69) is 96.4 Å². The van der Waals surface area contributed by atoms with Gasteiger partial charge >= 0.3 is 0 Å². The third-order valence-electron chi connectivity index (χ3n) is 11.2. The summed E-state index contributed by atoms with van der Waals surface area (Å²) in [6.45, 7) is 7.69. The fourth-order valence-corrected chi connectivity index (χ4v) is 8.83. The van der Waals surface area contributed by atoms with Crippen LogP contribution in [0.25, 0.3) is 0 Å². The molecule has 0 aromatic heterocycles. The number of benzene rings is 5. The first-order chi connectivity index (χ1) is 23.4. The Kier molecular flexibility index (Phi) is 9.24. The first-order valence-corrected chi connectivity index (χ1v) is 17.6. The summed E-state index contributed by atoms with van der Waals surface area (Å²) in [4.78, 5) is 4.99. The first-order valence-electron chi connectivity index (χ1n) is 17.6. The van der Waals surface area contributed by atoms with Gasteiger partial charge in [-0.3, -0.25) is 9.80 Å². The van der Waals surface area contributed by atoms with Gasteiger partial charge in [0.05, 0.1) is 0 Å². The number of aliphatic hydroxyl groups is 1. The third kappa shape index (κ3) is 5.98. The minimum Gasteiger partial charge on any atom is -0.507 e. The largest absolute Gasteiger partial charge is 0.507 e. The Hall–Kier alpha value is -4.22. The second kappa shape index (κ2) is 13.7. The summed E-state index contributed by atoms with van der Waals surface area (Å²) in [7, 11) is 0. The fourth-order valence-electron chi connectivity index (χ4n) is 8.83. The maximum atomic E-state index is 12.7. The summed E-state index contributed by atoms with van der Waals surface area (Å²) < 4.78 is 0. The number of rotatable bonds is 10. The number of likely N-dealkylation sites (tertiary alicyclic amines) is 2. The summed E-state index contributed by atoms with van der Waals surface area (Å²) in [5.74, 6) is 0.390. The number of nitrogens with zero attached hydrogens (tertiary/aromatic N) is 2. The minimum absolute atomic E-state index is 0.119. The van der Waals surface area contributed by atoms with Crippen molar-refractivity contribution in [3.63, 3.8) is 0 Å². The van der Waals surface area contributed by atoms with Gasteiger partial charge in [-0.25, -0.2) is 0 Å². The molecule has 2 fully saturated rings. The van der Waals surface area contributed by atoms with Gasteiger partial charge in [0.25, 0.3) is 0 Å². The van der Waals surface area contributed by atoms with Crippen molar-refractivity contribution in [3.8, 4) is 5.75 Å². The molecule has 7 rings (SSSR count). The van der Waals surface area contributed by atoms with Crippen molar-refractivity contribution < 1.29 is 10.2 Å². The van der Waals surface area contributed by atoms with Gasteiger partial charge in [0.15, 0.2) is 0 Å². The van der Waals surface area contributed by atoms with Crippen molar-refractivity contribution >= 4 is 0 Å². The quantitative estimate of drug-likeness (QED) is 0.161. The Morgan fingerprint density at radius 1 is 0.583 bits per heavy atom. The summed E-state index contributed by atoms with van der Waals surface area (Å²) in [5, 5.41) is 24.6. The molecule has 5 aromatic carbocycles. The monoisotopic (exact) mass is 636 g/mol. The second-order valence-electron chi connectivity index (χ2n) is 14.1. The molecule has 2 heterocycles. The predicted octanol–water partition coefficient (Wildman–Crippen LogP) is 8.57. The van der Waals surface area contributed by atoms with E-state index in [1.54, 1.807) is 0 Å². The molecule has 2 aliphatic heterocycles. The molecular formula is C44H48N2O2. The summed E-state index contributed by atoms with van der Waals surface area (Å²) in [6, 6.07) is 46.5. The summed E-state index contributed by atoms with van der Waals surface area (Å²) in [5.41, 5.74) is 6.18. The molecule has 5 aromatic rings. The molecule has 0 amide bonds. The second-order valence-corrected chi connectivity index (χ2v) is 14.1. The molecule has 2 saturated heterocycles. The van der Waals surface area contributed by atoms with E-state index in [1.165, 1.54) is 11.1 Å². The number of aryl methyl sites for hydroxylation is 1. The van der Waals surface area contributed by atoms with Gasteiger partial charge in [0.1, 0.15) is 11.4 Å². The van der Waals surface area contributed by atoms with Crippen molar-refractivity contribution in [1.82, 2.24) is 9.80 Å². The van der Waals surface area contributed by atoms with Crippen LogP contribution in [0.1, 0.15) is 71.6 Å². The van der Waals surface area contributed by atoms with E-state index >= 15 is 0 Å². The molecule has 48 heavy (non-hydrogen) atoms. The lowest BCUT2D eigenvalue weighted by Crippen LogP contribution is -2.48. The van der Waals surface area contributed by atoms with Crippen LogP contribution in [0.3, 0.4) is 0 Å². The zero-order valence-electron chi connectivity index (χ0n) is 28.3. The van der Waals surface area contributed by atoms with Crippen LogP contribution in [0, 0.1) is 6.92 Å². The highest BCUT2D eigenvalue weighted by molar-refractivity contribution is 5.46. The van der Waals surface area contributed by atoms with Crippen molar-refractivity contribution in [2.24, 2.45) is 0 Å². The number of hydrogen-bond donors (Lipinski definition) is 2. The Bertz CT molecular complexity index is 1580. The van der Waals surface area contributed by atoms with Crippen LogP contribution in [0.4, 0.5) is 0 Å². The van der Waals surface area contributed by atoms with Gasteiger partial charge in [-0.15, -0.1) is 0 Å². The Morgan fingerprint density at radius 3 is 1.40 bits per heavy atom. The summed E-state index contributed by atoms with van der Waals surface area (Å²) >= 11 is 0. The molecule has 2 unspecified atom stereocenters.